The number of aliphatic hydroxyl groups is 1. The van der Waals surface area contributed by atoms with Crippen molar-refractivity contribution in [1.82, 2.24) is 5.32 Å². The Hall–Kier alpha value is -1.26. The molecular formula is C12H17ClN2O2. The van der Waals surface area contributed by atoms with Crippen molar-refractivity contribution in [3.05, 3.63) is 29.3 Å². The molecular weight excluding hydrogens is 240 g/mol. The molecule has 0 aliphatic carbocycles. The summed E-state index contributed by atoms with van der Waals surface area (Å²) in [4.78, 5) is 11.6. The number of halogens is 1. The minimum Gasteiger partial charge on any atom is -0.394 e. The summed E-state index contributed by atoms with van der Waals surface area (Å²) in [5, 5.41) is 15.0. The van der Waals surface area contributed by atoms with Gasteiger partial charge in [-0.2, -0.15) is 0 Å². The Labute approximate surface area is 106 Å². The van der Waals surface area contributed by atoms with Crippen LogP contribution in [0.5, 0.6) is 0 Å². The monoisotopic (exact) mass is 256 g/mol. The molecule has 1 aromatic rings. The van der Waals surface area contributed by atoms with Crippen LogP contribution in [0.1, 0.15) is 13.8 Å². The fourth-order valence-electron chi connectivity index (χ4n) is 1.32. The fraction of sp³-hybridized carbons (Fsp3) is 0.417. The lowest BCUT2D eigenvalue weighted by Gasteiger charge is -2.20. The van der Waals surface area contributed by atoms with Gasteiger partial charge in [0.2, 0.25) is 0 Å². The average Bonchev–Trinajstić information content (AvgIpc) is 2.25. The molecule has 3 N–H and O–H groups in total. The van der Waals surface area contributed by atoms with Gasteiger partial charge < -0.3 is 15.7 Å². The molecule has 1 atom stereocenters. The quantitative estimate of drug-likeness (QED) is 0.775. The van der Waals surface area contributed by atoms with Crippen LogP contribution in [0.3, 0.4) is 0 Å². The summed E-state index contributed by atoms with van der Waals surface area (Å²) < 4.78 is 0. The van der Waals surface area contributed by atoms with Gasteiger partial charge in [-0.3, -0.25) is 0 Å². The number of carbonyl (C=O) groups is 1. The SMILES string of the molecule is CC(C)C(CO)NC(=O)Nc1cccc(Cl)c1. The van der Waals surface area contributed by atoms with E-state index < -0.39 is 0 Å². The van der Waals surface area contributed by atoms with E-state index in [2.05, 4.69) is 10.6 Å². The average molecular weight is 257 g/mol. The molecule has 1 unspecified atom stereocenters. The van der Waals surface area contributed by atoms with Crippen LogP contribution in [0.4, 0.5) is 10.5 Å². The predicted molar refractivity (Wildman–Crippen MR) is 69.3 cm³/mol. The molecule has 17 heavy (non-hydrogen) atoms. The van der Waals surface area contributed by atoms with Gasteiger partial charge in [-0.1, -0.05) is 31.5 Å². The largest absolute Gasteiger partial charge is 0.394 e. The lowest BCUT2D eigenvalue weighted by Crippen LogP contribution is -2.43. The second kappa shape index (κ2) is 6.47. The van der Waals surface area contributed by atoms with Gasteiger partial charge >= 0.3 is 6.03 Å². The van der Waals surface area contributed by atoms with E-state index in [4.69, 9.17) is 16.7 Å². The van der Waals surface area contributed by atoms with E-state index in [9.17, 15) is 4.79 Å². The number of benzene rings is 1. The van der Waals surface area contributed by atoms with Crippen molar-refractivity contribution in [2.75, 3.05) is 11.9 Å². The van der Waals surface area contributed by atoms with Crippen molar-refractivity contribution in [3.63, 3.8) is 0 Å². The maximum absolute atomic E-state index is 11.6. The number of hydrogen-bond donors (Lipinski definition) is 3. The zero-order valence-electron chi connectivity index (χ0n) is 9.90. The number of aliphatic hydroxyl groups excluding tert-OH is 1. The number of amides is 2. The molecule has 0 radical (unpaired) electrons. The van der Waals surface area contributed by atoms with E-state index >= 15 is 0 Å². The number of hydrogen-bond acceptors (Lipinski definition) is 2. The van der Waals surface area contributed by atoms with Crippen molar-refractivity contribution in [2.45, 2.75) is 19.9 Å². The summed E-state index contributed by atoms with van der Waals surface area (Å²) in [7, 11) is 0. The molecule has 1 aromatic carbocycles. The van der Waals surface area contributed by atoms with Crippen LogP contribution in [0.15, 0.2) is 24.3 Å². The molecule has 0 fully saturated rings. The second-order valence-corrected chi connectivity index (χ2v) is 4.58. The van der Waals surface area contributed by atoms with Crippen LogP contribution >= 0.6 is 11.6 Å². The van der Waals surface area contributed by atoms with Gasteiger partial charge in [-0.05, 0) is 24.1 Å². The topological polar surface area (TPSA) is 61.4 Å². The minimum atomic E-state index is -0.347. The van der Waals surface area contributed by atoms with E-state index in [0.29, 0.717) is 10.7 Å². The van der Waals surface area contributed by atoms with Gasteiger partial charge in [-0.15, -0.1) is 0 Å². The standard InChI is InChI=1S/C12H17ClN2O2/c1-8(2)11(7-16)15-12(17)14-10-5-3-4-9(13)6-10/h3-6,8,11,16H,7H2,1-2H3,(H2,14,15,17). The van der Waals surface area contributed by atoms with E-state index in [-0.39, 0.29) is 24.6 Å². The second-order valence-electron chi connectivity index (χ2n) is 4.14. The zero-order valence-corrected chi connectivity index (χ0v) is 10.7. The van der Waals surface area contributed by atoms with Crippen LogP contribution in [0, 0.1) is 5.92 Å². The third kappa shape index (κ3) is 4.63. The summed E-state index contributed by atoms with van der Waals surface area (Å²) in [6, 6.07) is 6.28. The van der Waals surface area contributed by atoms with Gasteiger partial charge in [0.1, 0.15) is 0 Å². The van der Waals surface area contributed by atoms with E-state index in [1.165, 1.54) is 0 Å². The van der Waals surface area contributed by atoms with Crippen LogP contribution in [-0.4, -0.2) is 23.8 Å². The maximum atomic E-state index is 11.6. The number of rotatable bonds is 4. The molecule has 2 amide bonds. The summed E-state index contributed by atoms with van der Waals surface area (Å²) in [6.07, 6.45) is 0. The predicted octanol–water partition coefficient (Wildman–Crippen LogP) is 2.48. The van der Waals surface area contributed by atoms with Crippen molar-refractivity contribution < 1.29 is 9.90 Å². The van der Waals surface area contributed by atoms with Gasteiger partial charge in [0, 0.05) is 10.7 Å². The summed E-state index contributed by atoms with van der Waals surface area (Å²) >= 11 is 5.80. The zero-order chi connectivity index (χ0) is 12.8. The Balaban J connectivity index is 2.55. The Kier molecular flexibility index (Phi) is 5.25. The van der Waals surface area contributed by atoms with Gasteiger partial charge in [-0.25, -0.2) is 4.79 Å². The Morgan fingerprint density at radius 3 is 2.71 bits per heavy atom. The first kappa shape index (κ1) is 13.8. The van der Waals surface area contributed by atoms with E-state index in [0.717, 1.165) is 0 Å². The fourth-order valence-corrected chi connectivity index (χ4v) is 1.52. The van der Waals surface area contributed by atoms with Crippen molar-refractivity contribution in [1.29, 1.82) is 0 Å². The first-order valence-corrected chi connectivity index (χ1v) is 5.84. The van der Waals surface area contributed by atoms with Crippen LogP contribution in [-0.2, 0) is 0 Å². The molecule has 0 aliphatic heterocycles. The maximum Gasteiger partial charge on any atom is 0.319 e. The smallest absolute Gasteiger partial charge is 0.319 e. The molecule has 5 heteroatoms. The Morgan fingerprint density at radius 2 is 2.18 bits per heavy atom. The molecule has 0 heterocycles. The first-order chi connectivity index (χ1) is 8.02. The highest BCUT2D eigenvalue weighted by Gasteiger charge is 2.14. The van der Waals surface area contributed by atoms with Crippen LogP contribution in [0.2, 0.25) is 5.02 Å². The van der Waals surface area contributed by atoms with Crippen molar-refractivity contribution in [2.24, 2.45) is 5.92 Å². The van der Waals surface area contributed by atoms with Crippen LogP contribution in [0.25, 0.3) is 0 Å². The minimum absolute atomic E-state index is 0.0827. The lowest BCUT2D eigenvalue weighted by molar-refractivity contribution is 0.204. The Bertz CT molecular complexity index is 383. The highest BCUT2D eigenvalue weighted by atomic mass is 35.5. The molecule has 4 nitrogen and oxygen atoms in total. The van der Waals surface area contributed by atoms with Crippen molar-refractivity contribution in [3.8, 4) is 0 Å². The first-order valence-electron chi connectivity index (χ1n) is 5.47. The highest BCUT2D eigenvalue weighted by Crippen LogP contribution is 2.14. The van der Waals surface area contributed by atoms with E-state index in [1.807, 2.05) is 13.8 Å². The number of anilines is 1. The third-order valence-corrected chi connectivity index (χ3v) is 2.64. The summed E-state index contributed by atoms with van der Waals surface area (Å²) in [6.45, 7) is 3.78. The van der Waals surface area contributed by atoms with E-state index in [1.54, 1.807) is 24.3 Å². The van der Waals surface area contributed by atoms with Crippen molar-refractivity contribution >= 4 is 23.3 Å². The number of urea groups is 1. The van der Waals surface area contributed by atoms with Gasteiger partial charge in [0.05, 0.1) is 12.6 Å². The molecule has 0 saturated heterocycles. The molecule has 0 saturated carbocycles. The normalized spacial score (nSPS) is 12.3. The lowest BCUT2D eigenvalue weighted by atomic mass is 10.1. The molecule has 0 aromatic heterocycles. The summed E-state index contributed by atoms with van der Waals surface area (Å²) in [5.41, 5.74) is 0.621. The number of nitrogens with one attached hydrogen (secondary N) is 2. The molecule has 0 aliphatic rings. The number of carbonyl (C=O) groups excluding carboxylic acids is 1. The third-order valence-electron chi connectivity index (χ3n) is 2.40. The molecule has 0 bridgehead atoms. The molecule has 1 rings (SSSR count). The van der Waals surface area contributed by atoms with Gasteiger partial charge in [0.25, 0.3) is 0 Å². The van der Waals surface area contributed by atoms with Gasteiger partial charge in [0.15, 0.2) is 0 Å². The van der Waals surface area contributed by atoms with Crippen LogP contribution < -0.4 is 10.6 Å². The Morgan fingerprint density at radius 1 is 1.47 bits per heavy atom. The molecule has 94 valence electrons. The summed E-state index contributed by atoms with van der Waals surface area (Å²) in [5.74, 6) is 0.171. The highest BCUT2D eigenvalue weighted by molar-refractivity contribution is 6.30. The molecule has 0 spiro atoms.